The van der Waals surface area contributed by atoms with Crippen molar-refractivity contribution in [3.63, 3.8) is 0 Å². The van der Waals surface area contributed by atoms with Gasteiger partial charge in [0, 0.05) is 6.54 Å². The van der Waals surface area contributed by atoms with Crippen LogP contribution in [0.3, 0.4) is 0 Å². The summed E-state index contributed by atoms with van der Waals surface area (Å²) in [7, 11) is 0. The summed E-state index contributed by atoms with van der Waals surface area (Å²) in [4.78, 5) is 22.9. The molecular weight excluding hydrogens is 363 g/mol. The van der Waals surface area contributed by atoms with Crippen LogP contribution in [-0.2, 0) is 9.59 Å². The zero-order chi connectivity index (χ0) is 18.9. The molecular formula is C16H19FN4O4S. The first-order valence-electron chi connectivity index (χ1n) is 7.90. The summed E-state index contributed by atoms with van der Waals surface area (Å²) >= 11 is 1.03. The number of rotatable bonds is 9. The van der Waals surface area contributed by atoms with E-state index in [1.807, 2.05) is 0 Å². The highest BCUT2D eigenvalue weighted by Gasteiger charge is 2.18. The molecule has 0 aliphatic rings. The fraction of sp³-hybridized carbons (Fsp3) is 0.375. The van der Waals surface area contributed by atoms with Gasteiger partial charge in [0.2, 0.25) is 11.8 Å². The van der Waals surface area contributed by atoms with E-state index in [2.05, 4.69) is 20.8 Å². The number of ether oxygens (including phenoxy) is 1. The van der Waals surface area contributed by atoms with Crippen molar-refractivity contribution in [2.45, 2.75) is 25.2 Å². The molecule has 0 saturated heterocycles. The third kappa shape index (κ3) is 6.03. The maximum absolute atomic E-state index is 13.6. The first-order chi connectivity index (χ1) is 12.5. The Kier molecular flexibility index (Phi) is 7.39. The van der Waals surface area contributed by atoms with Gasteiger partial charge < -0.3 is 19.8 Å². The quantitative estimate of drug-likeness (QED) is 0.636. The highest BCUT2D eigenvalue weighted by Crippen LogP contribution is 2.25. The Morgan fingerprint density at radius 1 is 1.27 bits per heavy atom. The molecule has 140 valence electrons. The number of hydrogen-bond acceptors (Lipinski definition) is 7. The second-order valence-electron chi connectivity index (χ2n) is 5.12. The van der Waals surface area contributed by atoms with E-state index in [0.29, 0.717) is 6.54 Å². The van der Waals surface area contributed by atoms with E-state index in [1.54, 1.807) is 26.0 Å². The van der Waals surface area contributed by atoms with Crippen molar-refractivity contribution >= 4 is 23.6 Å². The molecule has 8 nitrogen and oxygen atoms in total. The van der Waals surface area contributed by atoms with Crippen molar-refractivity contribution < 1.29 is 23.1 Å². The zero-order valence-corrected chi connectivity index (χ0v) is 15.1. The van der Waals surface area contributed by atoms with Crippen LogP contribution in [0.2, 0.25) is 0 Å². The van der Waals surface area contributed by atoms with Crippen LogP contribution < -0.4 is 15.4 Å². The lowest BCUT2D eigenvalue weighted by atomic mass is 10.3. The van der Waals surface area contributed by atoms with Gasteiger partial charge in [-0.15, -0.1) is 10.2 Å². The van der Waals surface area contributed by atoms with Crippen LogP contribution in [0.5, 0.6) is 5.75 Å². The number of hydrogen-bond donors (Lipinski definition) is 2. The molecule has 0 aliphatic carbocycles. The molecule has 0 unspecified atom stereocenters. The smallest absolute Gasteiger partial charge is 0.277 e. The van der Waals surface area contributed by atoms with E-state index in [4.69, 9.17) is 9.15 Å². The maximum Gasteiger partial charge on any atom is 0.277 e. The molecule has 0 aliphatic heterocycles. The Labute approximate surface area is 153 Å². The molecule has 1 aromatic carbocycles. The van der Waals surface area contributed by atoms with E-state index in [0.717, 1.165) is 11.8 Å². The lowest BCUT2D eigenvalue weighted by molar-refractivity contribution is -0.124. The number of likely N-dealkylation sites (N-methyl/N-ethyl adjacent to an activating group) is 1. The van der Waals surface area contributed by atoms with Crippen molar-refractivity contribution in [1.82, 2.24) is 20.8 Å². The van der Waals surface area contributed by atoms with Gasteiger partial charge in [-0.25, -0.2) is 4.39 Å². The van der Waals surface area contributed by atoms with Crippen LogP contribution in [0.25, 0.3) is 0 Å². The summed E-state index contributed by atoms with van der Waals surface area (Å²) in [6, 6.07) is 6.00. The van der Waals surface area contributed by atoms with Gasteiger partial charge in [-0.1, -0.05) is 23.9 Å². The fourth-order valence-corrected chi connectivity index (χ4v) is 2.44. The highest BCUT2D eigenvalue weighted by molar-refractivity contribution is 7.99. The van der Waals surface area contributed by atoms with E-state index in [1.165, 1.54) is 12.1 Å². The number of thioether (sulfide) groups is 1. The Balaban J connectivity index is 1.81. The molecule has 10 heteroatoms. The summed E-state index contributed by atoms with van der Waals surface area (Å²) in [6.07, 6.45) is -0.652. The molecule has 2 rings (SSSR count). The number of nitrogens with one attached hydrogen (secondary N) is 2. The third-order valence-electron chi connectivity index (χ3n) is 3.06. The van der Waals surface area contributed by atoms with Gasteiger partial charge in [-0.05, 0) is 26.0 Å². The monoisotopic (exact) mass is 382 g/mol. The largest absolute Gasteiger partial charge is 0.478 e. The van der Waals surface area contributed by atoms with Crippen LogP contribution in [0, 0.1) is 5.82 Å². The van der Waals surface area contributed by atoms with Crippen LogP contribution in [0.15, 0.2) is 33.9 Å². The molecule has 2 aromatic rings. The summed E-state index contributed by atoms with van der Waals surface area (Å²) in [5.41, 5.74) is 0. The minimum atomic E-state index is -0.652. The molecule has 0 spiro atoms. The molecule has 1 atom stereocenters. The summed E-state index contributed by atoms with van der Waals surface area (Å²) in [5.74, 6) is -0.821. The number of benzene rings is 1. The van der Waals surface area contributed by atoms with Gasteiger partial charge in [0.15, 0.2) is 17.7 Å². The average Bonchev–Trinajstić information content (AvgIpc) is 3.09. The van der Waals surface area contributed by atoms with Crippen molar-refractivity contribution in [3.8, 4) is 5.75 Å². The Morgan fingerprint density at radius 3 is 2.77 bits per heavy atom. The van der Waals surface area contributed by atoms with Crippen LogP contribution >= 0.6 is 11.8 Å². The number of amides is 2. The normalized spacial score (nSPS) is 11.7. The lowest BCUT2D eigenvalue weighted by Crippen LogP contribution is -2.37. The second kappa shape index (κ2) is 9.76. The molecule has 1 aromatic heterocycles. The number of nitrogens with zero attached hydrogens (tertiary/aromatic N) is 2. The maximum atomic E-state index is 13.6. The molecule has 0 bridgehead atoms. The molecule has 0 radical (unpaired) electrons. The van der Waals surface area contributed by atoms with Crippen molar-refractivity contribution in [1.29, 1.82) is 0 Å². The number of carbonyl (C=O) groups is 2. The van der Waals surface area contributed by atoms with Crippen LogP contribution in [0.1, 0.15) is 25.8 Å². The number of para-hydroxylation sites is 1. The SMILES string of the molecule is CCNC(=O)CNC(=O)CSc1nnc([C@H](C)Oc2ccccc2F)o1. The summed E-state index contributed by atoms with van der Waals surface area (Å²) in [5, 5.41) is 12.9. The van der Waals surface area contributed by atoms with Gasteiger partial charge in [0.25, 0.3) is 11.1 Å². The number of carbonyl (C=O) groups excluding carboxylic acids is 2. The standard InChI is InChI=1S/C16H19FN4O4S/c1-3-18-13(22)8-19-14(23)9-26-16-21-20-15(25-16)10(2)24-12-7-5-4-6-11(12)17/h4-7,10H,3,8-9H2,1-2H3,(H,18,22)(H,19,23)/t10-/m0/s1. The summed E-state index contributed by atoms with van der Waals surface area (Å²) < 4.78 is 24.4. The van der Waals surface area contributed by atoms with Gasteiger partial charge in [0.1, 0.15) is 0 Å². The Hall–Kier alpha value is -2.62. The van der Waals surface area contributed by atoms with E-state index >= 15 is 0 Å². The first-order valence-corrected chi connectivity index (χ1v) is 8.89. The van der Waals surface area contributed by atoms with Gasteiger partial charge in [-0.2, -0.15) is 0 Å². The lowest BCUT2D eigenvalue weighted by Gasteiger charge is -2.11. The average molecular weight is 382 g/mol. The van der Waals surface area contributed by atoms with E-state index < -0.39 is 11.9 Å². The van der Waals surface area contributed by atoms with Crippen LogP contribution in [-0.4, -0.2) is 40.9 Å². The third-order valence-corrected chi connectivity index (χ3v) is 3.88. The molecule has 26 heavy (non-hydrogen) atoms. The minimum Gasteiger partial charge on any atom is -0.478 e. The fourth-order valence-electron chi connectivity index (χ4n) is 1.84. The predicted octanol–water partition coefficient (Wildman–Crippen LogP) is 1.69. The highest BCUT2D eigenvalue weighted by atomic mass is 32.2. The van der Waals surface area contributed by atoms with Crippen molar-refractivity contribution in [2.24, 2.45) is 0 Å². The molecule has 2 N–H and O–H groups in total. The number of aromatic nitrogens is 2. The predicted molar refractivity (Wildman–Crippen MR) is 92.2 cm³/mol. The molecule has 0 fully saturated rings. The molecule has 1 heterocycles. The topological polar surface area (TPSA) is 106 Å². The van der Waals surface area contributed by atoms with Crippen LogP contribution in [0.4, 0.5) is 4.39 Å². The molecule has 0 saturated carbocycles. The summed E-state index contributed by atoms with van der Waals surface area (Å²) in [6.45, 7) is 3.85. The minimum absolute atomic E-state index is 0.0175. The Morgan fingerprint density at radius 2 is 2.04 bits per heavy atom. The zero-order valence-electron chi connectivity index (χ0n) is 14.3. The van der Waals surface area contributed by atoms with Gasteiger partial charge in [-0.3, -0.25) is 9.59 Å². The Bertz CT molecular complexity index is 755. The van der Waals surface area contributed by atoms with Crippen molar-refractivity contribution in [2.75, 3.05) is 18.8 Å². The first kappa shape index (κ1) is 19.7. The van der Waals surface area contributed by atoms with E-state index in [-0.39, 0.29) is 41.0 Å². The number of halogens is 1. The van der Waals surface area contributed by atoms with Gasteiger partial charge >= 0.3 is 0 Å². The van der Waals surface area contributed by atoms with Gasteiger partial charge in [0.05, 0.1) is 12.3 Å². The molecule has 2 amide bonds. The second-order valence-corrected chi connectivity index (χ2v) is 6.04. The van der Waals surface area contributed by atoms with Crippen molar-refractivity contribution in [3.05, 3.63) is 36.0 Å². The van der Waals surface area contributed by atoms with E-state index in [9.17, 15) is 14.0 Å².